The average Bonchev–Trinajstić information content (AvgIpc) is 2.45. The standard InChI is InChI=1S/C14H17NO5/c16-12-9-5-4-8-11(12)13(17)20-15(14(18)19)10-6-2-1-3-7-10/h4-5,8-10,16H,1-3,6-7H2,(H,18,19). The Morgan fingerprint density at radius 3 is 2.40 bits per heavy atom. The molecule has 0 atom stereocenters. The van der Waals surface area contributed by atoms with Gasteiger partial charge in [-0.05, 0) is 25.0 Å². The zero-order valence-corrected chi connectivity index (χ0v) is 11.0. The van der Waals surface area contributed by atoms with Crippen molar-refractivity contribution >= 4 is 12.1 Å². The molecule has 0 saturated heterocycles. The number of carbonyl (C=O) groups is 2. The fourth-order valence-corrected chi connectivity index (χ4v) is 2.37. The summed E-state index contributed by atoms with van der Waals surface area (Å²) < 4.78 is 0. The van der Waals surface area contributed by atoms with Gasteiger partial charge in [0.1, 0.15) is 11.3 Å². The summed E-state index contributed by atoms with van der Waals surface area (Å²) in [5.41, 5.74) is -0.0467. The summed E-state index contributed by atoms with van der Waals surface area (Å²) in [6.07, 6.45) is 2.98. The van der Waals surface area contributed by atoms with Crippen LogP contribution < -0.4 is 0 Å². The van der Waals surface area contributed by atoms with Crippen molar-refractivity contribution in [1.82, 2.24) is 5.06 Å². The Morgan fingerprint density at radius 2 is 1.80 bits per heavy atom. The lowest BCUT2D eigenvalue weighted by molar-refractivity contribution is -0.118. The van der Waals surface area contributed by atoms with Crippen molar-refractivity contribution < 1.29 is 24.6 Å². The Hall–Kier alpha value is -2.24. The van der Waals surface area contributed by atoms with E-state index in [1.807, 2.05) is 0 Å². The number of aromatic hydroxyl groups is 1. The first-order valence-corrected chi connectivity index (χ1v) is 6.62. The van der Waals surface area contributed by atoms with Crippen LogP contribution >= 0.6 is 0 Å². The maximum Gasteiger partial charge on any atom is 0.441 e. The van der Waals surface area contributed by atoms with E-state index in [4.69, 9.17) is 4.84 Å². The number of carboxylic acid groups (broad SMARTS) is 1. The molecule has 6 nitrogen and oxygen atoms in total. The fourth-order valence-electron chi connectivity index (χ4n) is 2.37. The predicted octanol–water partition coefficient (Wildman–Crippen LogP) is 2.78. The van der Waals surface area contributed by atoms with Gasteiger partial charge in [0.25, 0.3) is 0 Å². The van der Waals surface area contributed by atoms with E-state index >= 15 is 0 Å². The molecule has 0 aliphatic heterocycles. The van der Waals surface area contributed by atoms with Gasteiger partial charge in [0, 0.05) is 0 Å². The number of rotatable bonds is 2. The van der Waals surface area contributed by atoms with E-state index in [1.54, 1.807) is 12.1 Å². The van der Waals surface area contributed by atoms with E-state index in [2.05, 4.69) is 0 Å². The lowest BCUT2D eigenvalue weighted by Gasteiger charge is -2.30. The first-order valence-electron chi connectivity index (χ1n) is 6.62. The Balaban J connectivity index is 2.10. The summed E-state index contributed by atoms with van der Waals surface area (Å²) in [4.78, 5) is 28.1. The number of phenolic OH excluding ortho intramolecular Hbond substituents is 1. The number of carbonyl (C=O) groups excluding carboxylic acids is 1. The van der Waals surface area contributed by atoms with Gasteiger partial charge in [-0.2, -0.15) is 0 Å². The first kappa shape index (κ1) is 14.2. The number of nitrogens with zero attached hydrogens (tertiary/aromatic N) is 1. The van der Waals surface area contributed by atoms with Crippen LogP contribution in [-0.2, 0) is 4.84 Å². The molecule has 1 fully saturated rings. The minimum absolute atomic E-state index is 0.0467. The number of para-hydroxylation sites is 1. The molecule has 6 heteroatoms. The van der Waals surface area contributed by atoms with Crippen LogP contribution in [0.3, 0.4) is 0 Å². The van der Waals surface area contributed by atoms with Crippen molar-refractivity contribution in [2.24, 2.45) is 0 Å². The van der Waals surface area contributed by atoms with E-state index in [0.717, 1.165) is 19.3 Å². The molecule has 1 aliphatic rings. The predicted molar refractivity (Wildman–Crippen MR) is 70.3 cm³/mol. The van der Waals surface area contributed by atoms with Crippen molar-refractivity contribution in [1.29, 1.82) is 0 Å². The van der Waals surface area contributed by atoms with Crippen molar-refractivity contribution in [3.8, 4) is 5.75 Å². The van der Waals surface area contributed by atoms with Crippen LogP contribution in [0.15, 0.2) is 24.3 Å². The summed E-state index contributed by atoms with van der Waals surface area (Å²) in [7, 11) is 0. The summed E-state index contributed by atoms with van der Waals surface area (Å²) in [6.45, 7) is 0. The van der Waals surface area contributed by atoms with Gasteiger partial charge in [-0.25, -0.2) is 9.59 Å². The highest BCUT2D eigenvalue weighted by atomic mass is 16.7. The van der Waals surface area contributed by atoms with E-state index in [0.29, 0.717) is 17.9 Å². The van der Waals surface area contributed by atoms with Crippen LogP contribution in [0.4, 0.5) is 4.79 Å². The number of phenols is 1. The molecule has 1 saturated carbocycles. The van der Waals surface area contributed by atoms with Crippen LogP contribution in [0, 0.1) is 0 Å². The zero-order chi connectivity index (χ0) is 14.5. The Labute approximate surface area is 116 Å². The molecule has 1 aliphatic carbocycles. The van der Waals surface area contributed by atoms with E-state index < -0.39 is 12.1 Å². The minimum atomic E-state index is -1.29. The van der Waals surface area contributed by atoms with Gasteiger partial charge in [0.05, 0.1) is 6.04 Å². The maximum absolute atomic E-state index is 11.9. The number of hydroxylamine groups is 2. The van der Waals surface area contributed by atoms with Gasteiger partial charge in [-0.1, -0.05) is 31.4 Å². The lowest BCUT2D eigenvalue weighted by Crippen LogP contribution is -2.42. The Kier molecular flexibility index (Phi) is 4.45. The molecule has 0 heterocycles. The molecule has 0 unspecified atom stereocenters. The largest absolute Gasteiger partial charge is 0.507 e. The van der Waals surface area contributed by atoms with Gasteiger partial charge < -0.3 is 15.1 Å². The fraction of sp³-hybridized carbons (Fsp3) is 0.429. The monoisotopic (exact) mass is 279 g/mol. The second-order valence-corrected chi connectivity index (χ2v) is 4.80. The van der Waals surface area contributed by atoms with Crippen LogP contribution in [-0.4, -0.2) is 33.4 Å². The molecule has 108 valence electrons. The highest BCUT2D eigenvalue weighted by Gasteiger charge is 2.29. The van der Waals surface area contributed by atoms with Crippen molar-refractivity contribution in [2.45, 2.75) is 38.1 Å². The topological polar surface area (TPSA) is 87.1 Å². The second-order valence-electron chi connectivity index (χ2n) is 4.80. The van der Waals surface area contributed by atoms with Gasteiger partial charge in [-0.15, -0.1) is 5.06 Å². The Morgan fingerprint density at radius 1 is 1.15 bits per heavy atom. The summed E-state index contributed by atoms with van der Waals surface area (Å²) in [6, 6.07) is 5.57. The smallest absolute Gasteiger partial charge is 0.441 e. The van der Waals surface area contributed by atoms with Crippen molar-refractivity contribution in [3.63, 3.8) is 0 Å². The molecule has 0 spiro atoms. The number of amides is 1. The van der Waals surface area contributed by atoms with E-state index in [1.165, 1.54) is 12.1 Å². The van der Waals surface area contributed by atoms with Crippen molar-refractivity contribution in [2.75, 3.05) is 0 Å². The second kappa shape index (κ2) is 6.27. The minimum Gasteiger partial charge on any atom is -0.507 e. The average molecular weight is 279 g/mol. The molecular formula is C14H17NO5. The molecule has 0 bridgehead atoms. The van der Waals surface area contributed by atoms with Gasteiger partial charge in [0.15, 0.2) is 0 Å². The summed E-state index contributed by atoms with van der Waals surface area (Å²) in [5.74, 6) is -1.09. The molecule has 0 radical (unpaired) electrons. The molecule has 1 amide bonds. The Bertz CT molecular complexity index is 496. The van der Waals surface area contributed by atoms with E-state index in [-0.39, 0.29) is 17.4 Å². The maximum atomic E-state index is 11.9. The molecule has 0 aromatic heterocycles. The molecular weight excluding hydrogens is 262 g/mol. The molecule has 20 heavy (non-hydrogen) atoms. The van der Waals surface area contributed by atoms with Crippen LogP contribution in [0.5, 0.6) is 5.75 Å². The molecule has 1 aromatic carbocycles. The highest BCUT2D eigenvalue weighted by Crippen LogP contribution is 2.24. The van der Waals surface area contributed by atoms with Crippen LogP contribution in [0.25, 0.3) is 0 Å². The summed E-state index contributed by atoms with van der Waals surface area (Å²) in [5, 5.41) is 19.5. The third kappa shape index (κ3) is 3.20. The van der Waals surface area contributed by atoms with Crippen LogP contribution in [0.2, 0.25) is 0 Å². The third-order valence-electron chi connectivity index (χ3n) is 3.40. The van der Waals surface area contributed by atoms with Gasteiger partial charge in [0.2, 0.25) is 0 Å². The van der Waals surface area contributed by atoms with Gasteiger partial charge >= 0.3 is 12.1 Å². The zero-order valence-electron chi connectivity index (χ0n) is 11.0. The normalized spacial score (nSPS) is 15.6. The molecule has 2 rings (SSSR count). The number of hydrogen-bond donors (Lipinski definition) is 2. The van der Waals surface area contributed by atoms with Crippen LogP contribution in [0.1, 0.15) is 42.5 Å². The van der Waals surface area contributed by atoms with E-state index in [9.17, 15) is 19.8 Å². The molecule has 2 N–H and O–H groups in total. The number of benzene rings is 1. The summed E-state index contributed by atoms with van der Waals surface area (Å²) >= 11 is 0. The third-order valence-corrected chi connectivity index (χ3v) is 3.40. The highest BCUT2D eigenvalue weighted by molar-refractivity contribution is 5.92. The van der Waals surface area contributed by atoms with Gasteiger partial charge in [-0.3, -0.25) is 0 Å². The lowest BCUT2D eigenvalue weighted by atomic mass is 9.95. The SMILES string of the molecule is O=C(ON(C(=O)O)C1CCCCC1)c1ccccc1O. The number of hydrogen-bond acceptors (Lipinski definition) is 4. The van der Waals surface area contributed by atoms with Crippen molar-refractivity contribution in [3.05, 3.63) is 29.8 Å². The molecule has 1 aromatic rings. The quantitative estimate of drug-likeness (QED) is 0.813. The first-order chi connectivity index (χ1) is 9.59.